The first-order chi connectivity index (χ1) is 17.6. The number of alkyl halides is 2. The van der Waals surface area contributed by atoms with Gasteiger partial charge in [0.15, 0.2) is 11.5 Å². The summed E-state index contributed by atoms with van der Waals surface area (Å²) in [7, 11) is 1.51. The van der Waals surface area contributed by atoms with Crippen LogP contribution in [0.1, 0.15) is 25.0 Å². The minimum absolute atomic E-state index is 0.0203. The number of carbonyl (C=O) groups is 2. The van der Waals surface area contributed by atoms with Crippen LogP contribution in [0.15, 0.2) is 30.6 Å². The monoisotopic (exact) mass is 534 g/mol. The summed E-state index contributed by atoms with van der Waals surface area (Å²) in [6.45, 7) is 1.49. The molecule has 0 spiro atoms. The van der Waals surface area contributed by atoms with Crippen molar-refractivity contribution >= 4 is 35.1 Å². The van der Waals surface area contributed by atoms with Gasteiger partial charge in [-0.3, -0.25) is 15.1 Å². The van der Waals surface area contributed by atoms with Gasteiger partial charge in [0.25, 0.3) is 0 Å². The molecule has 15 heteroatoms. The van der Waals surface area contributed by atoms with Gasteiger partial charge < -0.3 is 10.1 Å². The molecule has 3 aromatic heterocycles. The molecular weight excluding hydrogens is 517 g/mol. The van der Waals surface area contributed by atoms with Gasteiger partial charge in [-0.15, -0.1) is 5.10 Å². The second-order valence-electron chi connectivity index (χ2n) is 8.23. The van der Waals surface area contributed by atoms with Gasteiger partial charge in [0, 0.05) is 18.5 Å². The van der Waals surface area contributed by atoms with Crippen molar-refractivity contribution in [2.24, 2.45) is 18.4 Å². The Morgan fingerprint density at radius 1 is 1.30 bits per heavy atom. The van der Waals surface area contributed by atoms with Gasteiger partial charge >= 0.3 is 6.09 Å². The molecule has 37 heavy (non-hydrogen) atoms. The Hall–Kier alpha value is -4.25. The fourth-order valence-corrected chi connectivity index (χ4v) is 3.88. The average molecular weight is 535 g/mol. The van der Waals surface area contributed by atoms with E-state index in [0.29, 0.717) is 0 Å². The van der Waals surface area contributed by atoms with Crippen LogP contribution in [0.2, 0.25) is 5.15 Å². The molecule has 0 bridgehead atoms. The molecule has 0 unspecified atom stereocenters. The average Bonchev–Trinajstić information content (AvgIpc) is 3.53. The lowest BCUT2D eigenvalue weighted by molar-refractivity contribution is -0.120. The van der Waals surface area contributed by atoms with E-state index in [1.807, 2.05) is 0 Å². The Balaban J connectivity index is 1.45. The van der Waals surface area contributed by atoms with Crippen molar-refractivity contribution < 1.29 is 27.5 Å². The van der Waals surface area contributed by atoms with Crippen molar-refractivity contribution in [1.82, 2.24) is 25.0 Å². The van der Waals surface area contributed by atoms with E-state index in [-0.39, 0.29) is 40.0 Å². The van der Waals surface area contributed by atoms with Crippen molar-refractivity contribution in [1.29, 1.82) is 5.26 Å². The van der Waals surface area contributed by atoms with E-state index in [2.05, 4.69) is 30.9 Å². The summed E-state index contributed by atoms with van der Waals surface area (Å²) in [6, 6.07) is 5.67. The SMILES string of the molecule is C[C@@H](OC(=O)Nc1c(-c2ccc(NC(=O)[C@]3(C#N)C[C@H]3C(F)F)cn2)nnn1C)c1cc(F)cnc1Cl. The summed E-state index contributed by atoms with van der Waals surface area (Å²) < 4.78 is 45.9. The Morgan fingerprint density at radius 2 is 2.05 bits per heavy atom. The van der Waals surface area contributed by atoms with E-state index in [0.717, 1.165) is 12.3 Å². The molecule has 0 aliphatic heterocycles. The Morgan fingerprint density at radius 3 is 2.68 bits per heavy atom. The molecular formula is C22H18ClF3N8O3. The molecule has 11 nitrogen and oxygen atoms in total. The lowest BCUT2D eigenvalue weighted by atomic mass is 10.1. The highest BCUT2D eigenvalue weighted by Crippen LogP contribution is 2.55. The molecule has 2 amide bonds. The number of rotatable bonds is 7. The number of pyridine rings is 2. The molecule has 4 rings (SSSR count). The standard InChI is InChI=1S/C22H18ClF3N8O3/c1-10(13-5-11(24)7-29-17(13)23)37-21(36)31-19-16(32-33-34(19)2)15-4-3-12(8-28-15)30-20(35)22(9-27)6-14(22)18(25)26/h3-5,7-8,10,14,18H,6H2,1-2H3,(H,30,35)(H,31,36)/t10-,14+,22+/m1/s1. The van der Waals surface area contributed by atoms with E-state index in [1.54, 1.807) is 6.07 Å². The van der Waals surface area contributed by atoms with Gasteiger partial charge in [-0.2, -0.15) is 5.26 Å². The summed E-state index contributed by atoms with van der Waals surface area (Å²) in [6.07, 6.45) is -2.66. The summed E-state index contributed by atoms with van der Waals surface area (Å²) >= 11 is 5.95. The maximum absolute atomic E-state index is 13.5. The van der Waals surface area contributed by atoms with Crippen LogP contribution in [0.25, 0.3) is 11.4 Å². The van der Waals surface area contributed by atoms with Crippen LogP contribution in [-0.2, 0) is 16.6 Å². The highest BCUT2D eigenvalue weighted by Gasteiger charge is 2.65. The number of anilines is 2. The van der Waals surface area contributed by atoms with Gasteiger partial charge in [-0.25, -0.2) is 27.6 Å². The third kappa shape index (κ3) is 5.17. The smallest absolute Gasteiger partial charge is 0.413 e. The minimum Gasteiger partial charge on any atom is -0.441 e. The molecule has 3 aromatic rings. The first kappa shape index (κ1) is 25.8. The fourth-order valence-electron chi connectivity index (χ4n) is 3.63. The summed E-state index contributed by atoms with van der Waals surface area (Å²) in [4.78, 5) is 32.7. The number of carbonyl (C=O) groups excluding carboxylic acids is 2. The predicted octanol–water partition coefficient (Wildman–Crippen LogP) is 4.11. The molecule has 3 heterocycles. The molecule has 0 saturated heterocycles. The molecule has 192 valence electrons. The zero-order valence-corrected chi connectivity index (χ0v) is 20.0. The van der Waals surface area contributed by atoms with Crippen molar-refractivity contribution in [3.05, 3.63) is 47.1 Å². The summed E-state index contributed by atoms with van der Waals surface area (Å²) in [5, 5.41) is 21.9. The summed E-state index contributed by atoms with van der Waals surface area (Å²) in [5.74, 6) is -2.67. The van der Waals surface area contributed by atoms with E-state index >= 15 is 0 Å². The van der Waals surface area contributed by atoms with Gasteiger partial charge in [0.2, 0.25) is 12.3 Å². The molecule has 3 atom stereocenters. The van der Waals surface area contributed by atoms with Crippen molar-refractivity contribution in [3.63, 3.8) is 0 Å². The third-order valence-electron chi connectivity index (χ3n) is 5.79. The molecule has 0 radical (unpaired) electrons. The topological polar surface area (TPSA) is 148 Å². The lowest BCUT2D eigenvalue weighted by Crippen LogP contribution is -2.26. The van der Waals surface area contributed by atoms with Gasteiger partial charge in [-0.1, -0.05) is 16.8 Å². The molecule has 0 aromatic carbocycles. The van der Waals surface area contributed by atoms with E-state index in [9.17, 15) is 28.0 Å². The third-order valence-corrected chi connectivity index (χ3v) is 6.11. The largest absolute Gasteiger partial charge is 0.441 e. The van der Waals surface area contributed by atoms with Crippen LogP contribution in [0.5, 0.6) is 0 Å². The van der Waals surface area contributed by atoms with Crippen LogP contribution >= 0.6 is 11.6 Å². The zero-order valence-electron chi connectivity index (χ0n) is 19.2. The number of amides is 2. The highest BCUT2D eigenvalue weighted by molar-refractivity contribution is 6.30. The summed E-state index contributed by atoms with van der Waals surface area (Å²) in [5.41, 5.74) is -1.01. The quantitative estimate of drug-likeness (QED) is 0.430. The second-order valence-corrected chi connectivity index (χ2v) is 8.59. The van der Waals surface area contributed by atoms with Crippen LogP contribution in [0, 0.1) is 28.5 Å². The van der Waals surface area contributed by atoms with E-state index in [1.165, 1.54) is 37.0 Å². The van der Waals surface area contributed by atoms with Gasteiger partial charge in [-0.05, 0) is 31.5 Å². The predicted molar refractivity (Wildman–Crippen MR) is 123 cm³/mol. The first-order valence-electron chi connectivity index (χ1n) is 10.7. The van der Waals surface area contributed by atoms with Crippen LogP contribution in [-0.4, -0.2) is 43.4 Å². The maximum atomic E-state index is 13.5. The number of ether oxygens (including phenoxy) is 1. The number of hydrogen-bond donors (Lipinski definition) is 2. The van der Waals surface area contributed by atoms with Crippen molar-refractivity contribution in [2.45, 2.75) is 25.9 Å². The maximum Gasteiger partial charge on any atom is 0.413 e. The van der Waals surface area contributed by atoms with E-state index in [4.69, 9.17) is 16.3 Å². The highest BCUT2D eigenvalue weighted by atomic mass is 35.5. The van der Waals surface area contributed by atoms with Crippen molar-refractivity contribution in [2.75, 3.05) is 10.6 Å². The lowest BCUT2D eigenvalue weighted by Gasteiger charge is -2.15. The van der Waals surface area contributed by atoms with Crippen LogP contribution < -0.4 is 10.6 Å². The number of hydrogen-bond acceptors (Lipinski definition) is 8. The zero-order chi connectivity index (χ0) is 26.9. The van der Waals surface area contributed by atoms with E-state index < -0.39 is 41.7 Å². The van der Waals surface area contributed by atoms with Crippen LogP contribution in [0.3, 0.4) is 0 Å². The Bertz CT molecular complexity index is 1390. The second kappa shape index (κ2) is 10.0. The number of nitrogens with one attached hydrogen (secondary N) is 2. The molecule has 1 aliphatic carbocycles. The normalized spacial score (nSPS) is 19.1. The molecule has 1 fully saturated rings. The van der Waals surface area contributed by atoms with Gasteiger partial charge in [0.05, 0.1) is 29.8 Å². The van der Waals surface area contributed by atoms with Crippen LogP contribution in [0.4, 0.5) is 29.5 Å². The number of aryl methyl sites for hydroxylation is 1. The van der Waals surface area contributed by atoms with Gasteiger partial charge in [0.1, 0.15) is 22.5 Å². The molecule has 1 aliphatic rings. The number of nitriles is 1. The minimum atomic E-state index is -2.77. The Kier molecular flexibility index (Phi) is 6.99. The number of aromatic nitrogens is 5. The molecule has 2 N–H and O–H groups in total. The number of halogens is 4. The first-order valence-corrected chi connectivity index (χ1v) is 11.1. The number of nitrogens with zero attached hydrogens (tertiary/aromatic N) is 6. The Labute approximate surface area is 212 Å². The fraction of sp³-hybridized carbons (Fsp3) is 0.318. The molecule has 1 saturated carbocycles. The van der Waals surface area contributed by atoms with Crippen molar-refractivity contribution in [3.8, 4) is 17.5 Å².